The lowest BCUT2D eigenvalue weighted by Crippen LogP contribution is -2.27. The van der Waals surface area contributed by atoms with E-state index in [1.807, 2.05) is 18.2 Å². The molecule has 0 spiro atoms. The number of carbonyl (C=O) groups excluding carboxylic acids is 1. The van der Waals surface area contributed by atoms with Crippen LogP contribution in [0, 0.1) is 0 Å². The number of nitrogen functional groups attached to an aromatic ring is 1. The van der Waals surface area contributed by atoms with Gasteiger partial charge >= 0.3 is 0 Å². The van der Waals surface area contributed by atoms with Crippen LogP contribution in [0.2, 0.25) is 0 Å². The Bertz CT molecular complexity index is 597. The van der Waals surface area contributed by atoms with E-state index in [1.165, 1.54) is 5.56 Å². The van der Waals surface area contributed by atoms with Crippen molar-refractivity contribution in [2.75, 3.05) is 5.73 Å². The molecule has 1 aliphatic rings. The van der Waals surface area contributed by atoms with E-state index in [4.69, 9.17) is 5.73 Å². The minimum absolute atomic E-state index is 0.144. The number of hydrogen-bond donors (Lipinski definition) is 2. The van der Waals surface area contributed by atoms with Crippen LogP contribution in [0.25, 0.3) is 0 Å². The first-order valence-electron chi connectivity index (χ1n) is 6.32. The standard InChI is InChI=1S/C15H15N3O/c16-14-11(7-4-8-17-14)15(19)18-13-9-12(13)10-5-2-1-3-6-10/h1-8,12-13H,9H2,(H2,16,17)(H,18,19). The maximum Gasteiger partial charge on any atom is 0.255 e. The van der Waals surface area contributed by atoms with E-state index in [1.54, 1.807) is 18.3 Å². The highest BCUT2D eigenvalue weighted by atomic mass is 16.1. The van der Waals surface area contributed by atoms with Gasteiger partial charge in [-0.25, -0.2) is 4.98 Å². The van der Waals surface area contributed by atoms with E-state index >= 15 is 0 Å². The number of nitrogens with zero attached hydrogens (tertiary/aromatic N) is 1. The molecule has 0 bridgehead atoms. The Morgan fingerprint density at radius 2 is 2.00 bits per heavy atom. The second-order valence-electron chi connectivity index (χ2n) is 4.77. The highest BCUT2D eigenvalue weighted by Gasteiger charge is 2.39. The van der Waals surface area contributed by atoms with Crippen molar-refractivity contribution in [3.05, 3.63) is 59.8 Å². The Morgan fingerprint density at radius 3 is 2.74 bits per heavy atom. The van der Waals surface area contributed by atoms with Crippen LogP contribution in [-0.4, -0.2) is 16.9 Å². The molecule has 0 aliphatic heterocycles. The third-order valence-electron chi connectivity index (χ3n) is 3.42. The molecule has 2 atom stereocenters. The Kier molecular flexibility index (Phi) is 2.91. The molecule has 19 heavy (non-hydrogen) atoms. The van der Waals surface area contributed by atoms with Crippen molar-refractivity contribution < 1.29 is 4.79 Å². The summed E-state index contributed by atoms with van der Waals surface area (Å²) in [7, 11) is 0. The summed E-state index contributed by atoms with van der Waals surface area (Å²) in [6.45, 7) is 0. The van der Waals surface area contributed by atoms with Crippen LogP contribution in [0.15, 0.2) is 48.7 Å². The van der Waals surface area contributed by atoms with Crippen molar-refractivity contribution in [2.45, 2.75) is 18.4 Å². The first-order chi connectivity index (χ1) is 9.25. The van der Waals surface area contributed by atoms with E-state index in [0.29, 0.717) is 11.5 Å². The van der Waals surface area contributed by atoms with E-state index in [9.17, 15) is 4.79 Å². The van der Waals surface area contributed by atoms with E-state index in [-0.39, 0.29) is 17.8 Å². The molecule has 1 heterocycles. The average molecular weight is 253 g/mol. The van der Waals surface area contributed by atoms with Crippen LogP contribution in [0.3, 0.4) is 0 Å². The summed E-state index contributed by atoms with van der Waals surface area (Å²) in [5.41, 5.74) is 7.41. The van der Waals surface area contributed by atoms with Gasteiger partial charge in [-0.15, -0.1) is 0 Å². The van der Waals surface area contributed by atoms with Crippen molar-refractivity contribution in [1.29, 1.82) is 0 Å². The maximum absolute atomic E-state index is 12.1. The van der Waals surface area contributed by atoms with E-state index in [2.05, 4.69) is 22.4 Å². The maximum atomic E-state index is 12.1. The monoisotopic (exact) mass is 253 g/mol. The summed E-state index contributed by atoms with van der Waals surface area (Å²) < 4.78 is 0. The molecule has 1 amide bonds. The lowest BCUT2D eigenvalue weighted by atomic mass is 10.1. The van der Waals surface area contributed by atoms with Crippen LogP contribution in [0.4, 0.5) is 5.82 Å². The van der Waals surface area contributed by atoms with Gasteiger partial charge in [0.15, 0.2) is 0 Å². The van der Waals surface area contributed by atoms with Gasteiger partial charge < -0.3 is 11.1 Å². The lowest BCUT2D eigenvalue weighted by Gasteiger charge is -2.06. The number of pyridine rings is 1. The number of carbonyl (C=O) groups is 1. The molecule has 3 rings (SSSR count). The van der Waals surface area contributed by atoms with Gasteiger partial charge in [-0.05, 0) is 24.1 Å². The SMILES string of the molecule is Nc1ncccc1C(=O)NC1CC1c1ccccc1. The number of anilines is 1. The number of rotatable bonds is 3. The zero-order valence-corrected chi connectivity index (χ0v) is 10.4. The van der Waals surface area contributed by atoms with Crippen LogP contribution in [-0.2, 0) is 0 Å². The normalized spacial score (nSPS) is 20.8. The third kappa shape index (κ3) is 2.42. The fraction of sp³-hybridized carbons (Fsp3) is 0.200. The number of nitrogens with two attached hydrogens (primary N) is 1. The molecule has 4 nitrogen and oxygen atoms in total. The Balaban J connectivity index is 1.66. The molecule has 0 saturated heterocycles. The average Bonchev–Trinajstić information content (AvgIpc) is 3.19. The molecule has 1 saturated carbocycles. The first kappa shape index (κ1) is 11.7. The van der Waals surface area contributed by atoms with Crippen molar-refractivity contribution in [2.24, 2.45) is 0 Å². The first-order valence-corrected chi connectivity index (χ1v) is 6.32. The molecule has 4 heteroatoms. The van der Waals surface area contributed by atoms with Crippen LogP contribution in [0.1, 0.15) is 28.3 Å². The van der Waals surface area contributed by atoms with E-state index in [0.717, 1.165) is 6.42 Å². The summed E-state index contributed by atoms with van der Waals surface area (Å²) in [5, 5.41) is 3.00. The second kappa shape index (κ2) is 4.72. The van der Waals surface area contributed by atoms with Crippen molar-refractivity contribution >= 4 is 11.7 Å². The highest BCUT2D eigenvalue weighted by Crippen LogP contribution is 2.40. The summed E-state index contributed by atoms with van der Waals surface area (Å²) in [5.74, 6) is 0.550. The van der Waals surface area contributed by atoms with Gasteiger partial charge in [0.05, 0.1) is 5.56 Å². The predicted octanol–water partition coefficient (Wildman–Crippen LogP) is 1.95. The van der Waals surface area contributed by atoms with Crippen molar-refractivity contribution in [3.63, 3.8) is 0 Å². The Hall–Kier alpha value is -2.36. The number of aromatic nitrogens is 1. The van der Waals surface area contributed by atoms with Gasteiger partial charge in [-0.1, -0.05) is 30.3 Å². The van der Waals surface area contributed by atoms with Crippen LogP contribution in [0.5, 0.6) is 0 Å². The van der Waals surface area contributed by atoms with Crippen LogP contribution >= 0.6 is 0 Å². The molecule has 2 unspecified atom stereocenters. The summed E-state index contributed by atoms with van der Waals surface area (Å²) in [6.07, 6.45) is 2.56. The zero-order valence-electron chi connectivity index (χ0n) is 10.4. The Labute approximate surface area is 111 Å². The predicted molar refractivity (Wildman–Crippen MR) is 73.7 cm³/mol. The molecule has 3 N–H and O–H groups in total. The molecular formula is C15H15N3O. The molecular weight excluding hydrogens is 238 g/mol. The minimum Gasteiger partial charge on any atom is -0.383 e. The third-order valence-corrected chi connectivity index (χ3v) is 3.42. The smallest absolute Gasteiger partial charge is 0.255 e. The highest BCUT2D eigenvalue weighted by molar-refractivity contribution is 5.98. The zero-order chi connectivity index (χ0) is 13.2. The van der Waals surface area contributed by atoms with Gasteiger partial charge in [0.1, 0.15) is 5.82 Å². The summed E-state index contributed by atoms with van der Waals surface area (Å²) in [6, 6.07) is 13.8. The fourth-order valence-corrected chi connectivity index (χ4v) is 2.28. The van der Waals surface area contributed by atoms with Gasteiger partial charge in [-0.3, -0.25) is 4.79 Å². The number of hydrogen-bond acceptors (Lipinski definition) is 3. The summed E-state index contributed by atoms with van der Waals surface area (Å²) >= 11 is 0. The largest absolute Gasteiger partial charge is 0.383 e. The van der Waals surface area contributed by atoms with Gasteiger partial charge in [-0.2, -0.15) is 0 Å². The molecule has 1 aromatic carbocycles. The quantitative estimate of drug-likeness (QED) is 0.878. The number of amides is 1. The molecule has 0 radical (unpaired) electrons. The molecule has 1 fully saturated rings. The van der Waals surface area contributed by atoms with Gasteiger partial charge in [0, 0.05) is 18.2 Å². The van der Waals surface area contributed by atoms with Gasteiger partial charge in [0.2, 0.25) is 0 Å². The topological polar surface area (TPSA) is 68.0 Å². The van der Waals surface area contributed by atoms with Crippen molar-refractivity contribution in [1.82, 2.24) is 10.3 Å². The van der Waals surface area contributed by atoms with Crippen molar-refractivity contribution in [3.8, 4) is 0 Å². The number of benzene rings is 1. The number of nitrogens with one attached hydrogen (secondary N) is 1. The minimum atomic E-state index is -0.144. The summed E-state index contributed by atoms with van der Waals surface area (Å²) in [4.78, 5) is 16.0. The lowest BCUT2D eigenvalue weighted by molar-refractivity contribution is 0.0951. The molecule has 2 aromatic rings. The fourth-order valence-electron chi connectivity index (χ4n) is 2.28. The molecule has 96 valence electrons. The second-order valence-corrected chi connectivity index (χ2v) is 4.77. The van der Waals surface area contributed by atoms with Gasteiger partial charge in [0.25, 0.3) is 5.91 Å². The van der Waals surface area contributed by atoms with Crippen LogP contribution < -0.4 is 11.1 Å². The Morgan fingerprint density at radius 1 is 1.21 bits per heavy atom. The van der Waals surface area contributed by atoms with E-state index < -0.39 is 0 Å². The molecule has 1 aromatic heterocycles. The molecule has 1 aliphatic carbocycles.